The van der Waals surface area contributed by atoms with Crippen molar-refractivity contribution in [3.8, 4) is 0 Å². The van der Waals surface area contributed by atoms with E-state index in [1.165, 1.54) is 18.5 Å². The van der Waals surface area contributed by atoms with Gasteiger partial charge < -0.3 is 15.7 Å². The van der Waals surface area contributed by atoms with Gasteiger partial charge in [0.1, 0.15) is 0 Å². The highest BCUT2D eigenvalue weighted by Gasteiger charge is 2.25. The zero-order chi connectivity index (χ0) is 13.0. The van der Waals surface area contributed by atoms with Crippen LogP contribution in [-0.4, -0.2) is 24.3 Å². The summed E-state index contributed by atoms with van der Waals surface area (Å²) in [6.07, 6.45) is 4.42. The number of rotatable bonds is 5. The number of hydrogen-bond acceptors (Lipinski definition) is 3. The predicted molar refractivity (Wildman–Crippen MR) is 78.7 cm³/mol. The first kappa shape index (κ1) is 13.8. The lowest BCUT2D eigenvalue weighted by Gasteiger charge is -2.28. The Morgan fingerprint density at radius 3 is 2.94 bits per heavy atom. The molecule has 1 aromatic carbocycles. The van der Waals surface area contributed by atoms with Gasteiger partial charge in [-0.15, -0.1) is 0 Å². The van der Waals surface area contributed by atoms with Crippen molar-refractivity contribution in [3.05, 3.63) is 28.2 Å². The zero-order valence-corrected chi connectivity index (χ0v) is 12.2. The van der Waals surface area contributed by atoms with Crippen molar-refractivity contribution in [3.63, 3.8) is 0 Å². The van der Waals surface area contributed by atoms with Crippen molar-refractivity contribution in [1.82, 2.24) is 0 Å². The van der Waals surface area contributed by atoms with Crippen LogP contribution < -0.4 is 10.6 Å². The van der Waals surface area contributed by atoms with E-state index in [2.05, 4.69) is 39.0 Å². The molecule has 0 spiro atoms. The molecule has 18 heavy (non-hydrogen) atoms. The fourth-order valence-corrected chi connectivity index (χ4v) is 3.34. The highest BCUT2D eigenvalue weighted by molar-refractivity contribution is 9.10. The second-order valence-electron chi connectivity index (χ2n) is 4.85. The molecule has 1 saturated heterocycles. The molecule has 3 nitrogen and oxygen atoms in total. The molecule has 0 saturated carbocycles. The standard InChI is InChI=1S/C14H21BrN2O/c15-13-9-11(10-16)5-6-14(13)17-7-1-3-12(17)4-2-8-18/h5-6,9,12,18H,1-4,7-8,10,16H2. The Hall–Kier alpha value is -0.580. The molecule has 0 bridgehead atoms. The second-order valence-corrected chi connectivity index (χ2v) is 5.70. The topological polar surface area (TPSA) is 49.5 Å². The smallest absolute Gasteiger partial charge is 0.0513 e. The molecule has 4 heteroatoms. The lowest BCUT2D eigenvalue weighted by atomic mass is 10.1. The maximum absolute atomic E-state index is 8.96. The van der Waals surface area contributed by atoms with Crippen molar-refractivity contribution >= 4 is 21.6 Å². The van der Waals surface area contributed by atoms with E-state index in [0.717, 1.165) is 29.4 Å². The third kappa shape index (κ3) is 3.05. The Morgan fingerprint density at radius 1 is 1.44 bits per heavy atom. The molecule has 1 aromatic rings. The zero-order valence-electron chi connectivity index (χ0n) is 10.6. The third-order valence-corrected chi connectivity index (χ3v) is 4.26. The average Bonchev–Trinajstić information content (AvgIpc) is 2.84. The van der Waals surface area contributed by atoms with Gasteiger partial charge in [0.2, 0.25) is 0 Å². The van der Waals surface area contributed by atoms with Gasteiger partial charge >= 0.3 is 0 Å². The van der Waals surface area contributed by atoms with Crippen LogP contribution in [0.5, 0.6) is 0 Å². The molecule has 100 valence electrons. The normalized spacial score (nSPS) is 19.5. The van der Waals surface area contributed by atoms with Crippen LogP contribution in [0.25, 0.3) is 0 Å². The van der Waals surface area contributed by atoms with Crippen molar-refractivity contribution in [2.24, 2.45) is 5.73 Å². The molecule has 1 fully saturated rings. The van der Waals surface area contributed by atoms with E-state index in [-0.39, 0.29) is 6.61 Å². The van der Waals surface area contributed by atoms with Gasteiger partial charge in [-0.25, -0.2) is 0 Å². The molecule has 1 aliphatic heterocycles. The highest BCUT2D eigenvalue weighted by atomic mass is 79.9. The van der Waals surface area contributed by atoms with Crippen LogP contribution in [0.3, 0.4) is 0 Å². The molecule has 0 radical (unpaired) electrons. The summed E-state index contributed by atoms with van der Waals surface area (Å²) in [5, 5.41) is 8.96. The summed E-state index contributed by atoms with van der Waals surface area (Å²) in [7, 11) is 0. The third-order valence-electron chi connectivity index (χ3n) is 3.63. The molecule has 1 heterocycles. The lowest BCUT2D eigenvalue weighted by molar-refractivity contribution is 0.279. The van der Waals surface area contributed by atoms with E-state index in [1.54, 1.807) is 0 Å². The van der Waals surface area contributed by atoms with Crippen LogP contribution in [0, 0.1) is 0 Å². The molecule has 0 aliphatic carbocycles. The molecular formula is C14H21BrN2O. The number of anilines is 1. The van der Waals surface area contributed by atoms with Crippen LogP contribution in [0.4, 0.5) is 5.69 Å². The first-order valence-corrected chi connectivity index (χ1v) is 7.41. The minimum absolute atomic E-state index is 0.289. The second kappa shape index (κ2) is 6.55. The Kier molecular flexibility index (Phi) is 5.03. The number of aliphatic hydroxyl groups excluding tert-OH is 1. The van der Waals surface area contributed by atoms with Gasteiger partial charge in [-0.05, 0) is 59.3 Å². The Morgan fingerprint density at radius 2 is 2.28 bits per heavy atom. The maximum Gasteiger partial charge on any atom is 0.0513 e. The van der Waals surface area contributed by atoms with Crippen molar-refractivity contribution < 1.29 is 5.11 Å². The number of nitrogens with two attached hydrogens (primary N) is 1. The van der Waals surface area contributed by atoms with Crippen LogP contribution in [0.15, 0.2) is 22.7 Å². The van der Waals surface area contributed by atoms with Crippen LogP contribution in [0.2, 0.25) is 0 Å². The summed E-state index contributed by atoms with van der Waals surface area (Å²) >= 11 is 3.65. The van der Waals surface area contributed by atoms with Crippen molar-refractivity contribution in [1.29, 1.82) is 0 Å². The van der Waals surface area contributed by atoms with Gasteiger partial charge in [0.15, 0.2) is 0 Å². The minimum Gasteiger partial charge on any atom is -0.396 e. The fraction of sp³-hybridized carbons (Fsp3) is 0.571. The van der Waals surface area contributed by atoms with Gasteiger partial charge in [-0.2, -0.15) is 0 Å². The number of benzene rings is 1. The molecule has 0 amide bonds. The van der Waals surface area contributed by atoms with E-state index in [4.69, 9.17) is 10.8 Å². The van der Waals surface area contributed by atoms with E-state index in [1.807, 2.05) is 0 Å². The van der Waals surface area contributed by atoms with E-state index >= 15 is 0 Å². The molecule has 1 aliphatic rings. The molecule has 3 N–H and O–H groups in total. The molecule has 2 rings (SSSR count). The average molecular weight is 313 g/mol. The summed E-state index contributed by atoms with van der Waals surface area (Å²) < 4.78 is 1.13. The van der Waals surface area contributed by atoms with Crippen molar-refractivity contribution in [2.75, 3.05) is 18.1 Å². The predicted octanol–water partition coefficient (Wildman–Crippen LogP) is 2.65. The van der Waals surface area contributed by atoms with Crippen LogP contribution in [-0.2, 0) is 6.54 Å². The van der Waals surface area contributed by atoms with E-state index < -0.39 is 0 Å². The monoisotopic (exact) mass is 312 g/mol. The number of nitrogens with zero attached hydrogens (tertiary/aromatic N) is 1. The summed E-state index contributed by atoms with van der Waals surface area (Å²) in [6.45, 7) is 1.97. The highest BCUT2D eigenvalue weighted by Crippen LogP contribution is 2.34. The molecule has 0 aromatic heterocycles. The quantitative estimate of drug-likeness (QED) is 0.878. The Bertz CT molecular complexity index is 397. The van der Waals surface area contributed by atoms with Gasteiger partial charge in [-0.3, -0.25) is 0 Å². The minimum atomic E-state index is 0.289. The molecule has 1 atom stereocenters. The maximum atomic E-state index is 8.96. The Labute approximate surface area is 117 Å². The van der Waals surface area contributed by atoms with E-state index in [9.17, 15) is 0 Å². The van der Waals surface area contributed by atoms with Crippen LogP contribution >= 0.6 is 15.9 Å². The molecule has 1 unspecified atom stereocenters. The van der Waals surface area contributed by atoms with Gasteiger partial charge in [0.25, 0.3) is 0 Å². The lowest BCUT2D eigenvalue weighted by Crippen LogP contribution is -2.29. The summed E-state index contributed by atoms with van der Waals surface area (Å²) in [5.74, 6) is 0. The number of halogens is 1. The van der Waals surface area contributed by atoms with Crippen LogP contribution in [0.1, 0.15) is 31.2 Å². The van der Waals surface area contributed by atoms with Gasteiger partial charge in [0.05, 0.1) is 5.69 Å². The van der Waals surface area contributed by atoms with Gasteiger partial charge in [0, 0.05) is 30.2 Å². The van der Waals surface area contributed by atoms with Gasteiger partial charge in [-0.1, -0.05) is 6.07 Å². The van der Waals surface area contributed by atoms with Crippen molar-refractivity contribution in [2.45, 2.75) is 38.3 Å². The van der Waals surface area contributed by atoms with E-state index in [0.29, 0.717) is 12.6 Å². The Balaban J connectivity index is 2.14. The summed E-state index contributed by atoms with van der Waals surface area (Å²) in [4.78, 5) is 2.46. The number of hydrogen-bond donors (Lipinski definition) is 2. The fourth-order valence-electron chi connectivity index (χ4n) is 2.69. The molecular weight excluding hydrogens is 292 g/mol. The summed E-state index contributed by atoms with van der Waals surface area (Å²) in [5.41, 5.74) is 8.06. The SMILES string of the molecule is NCc1ccc(N2CCCC2CCCO)c(Br)c1. The summed E-state index contributed by atoms with van der Waals surface area (Å²) in [6, 6.07) is 6.93. The first-order valence-electron chi connectivity index (χ1n) is 6.62. The first-order chi connectivity index (χ1) is 8.76. The number of aliphatic hydroxyl groups is 1. The largest absolute Gasteiger partial charge is 0.396 e.